The number of amides is 3. The van der Waals surface area contributed by atoms with E-state index in [4.69, 9.17) is 23.2 Å². The van der Waals surface area contributed by atoms with Crippen molar-refractivity contribution in [1.29, 1.82) is 0 Å². The van der Waals surface area contributed by atoms with Gasteiger partial charge in [-0.2, -0.15) is 0 Å². The number of hydrogen-bond acceptors (Lipinski definition) is 5. The molecule has 0 saturated carbocycles. The van der Waals surface area contributed by atoms with Crippen molar-refractivity contribution in [2.75, 3.05) is 0 Å². The number of carbonyl (C=O) groups is 2. The standard InChI is InChI=1S/C17H12Cl2N4O3S/c1-17(11-3-2-9(18)6-12(11)19)14(25)23(15(26)21-17)8-10-7-13(24)22-4-5-27-16(22)20-10/h2-7H,8H2,1H3,(H,21,26). The third-order valence-electron chi connectivity index (χ3n) is 4.42. The quantitative estimate of drug-likeness (QED) is 0.657. The Labute approximate surface area is 167 Å². The second kappa shape index (κ2) is 6.33. The van der Waals surface area contributed by atoms with Gasteiger partial charge in [0.1, 0.15) is 5.54 Å². The van der Waals surface area contributed by atoms with Crippen LogP contribution in [0.4, 0.5) is 4.79 Å². The van der Waals surface area contributed by atoms with Crippen molar-refractivity contribution in [2.24, 2.45) is 0 Å². The second-order valence-electron chi connectivity index (χ2n) is 6.21. The molecule has 1 aliphatic heterocycles. The van der Waals surface area contributed by atoms with Crippen LogP contribution in [0.3, 0.4) is 0 Å². The molecule has 4 rings (SSSR count). The molecule has 3 heterocycles. The van der Waals surface area contributed by atoms with Gasteiger partial charge in [0.2, 0.25) is 0 Å². The van der Waals surface area contributed by atoms with E-state index in [1.165, 1.54) is 27.9 Å². The number of imide groups is 1. The maximum Gasteiger partial charge on any atom is 0.325 e. The van der Waals surface area contributed by atoms with E-state index in [1.54, 1.807) is 30.6 Å². The van der Waals surface area contributed by atoms with Crippen LogP contribution in [0.5, 0.6) is 0 Å². The van der Waals surface area contributed by atoms with Gasteiger partial charge in [-0.25, -0.2) is 9.78 Å². The Bertz CT molecular complexity index is 1160. The molecule has 7 nitrogen and oxygen atoms in total. The maximum absolute atomic E-state index is 13.0. The first-order valence-electron chi connectivity index (χ1n) is 7.85. The molecule has 1 saturated heterocycles. The van der Waals surface area contributed by atoms with Crippen molar-refractivity contribution < 1.29 is 9.59 Å². The van der Waals surface area contributed by atoms with Crippen molar-refractivity contribution in [3.8, 4) is 0 Å². The summed E-state index contributed by atoms with van der Waals surface area (Å²) in [6.45, 7) is 1.46. The molecule has 138 valence electrons. The van der Waals surface area contributed by atoms with Crippen molar-refractivity contribution in [2.45, 2.75) is 19.0 Å². The van der Waals surface area contributed by atoms with E-state index in [9.17, 15) is 14.4 Å². The van der Waals surface area contributed by atoms with Crippen LogP contribution in [0.25, 0.3) is 4.96 Å². The smallest absolute Gasteiger partial charge is 0.319 e. The van der Waals surface area contributed by atoms with Crippen LogP contribution < -0.4 is 10.9 Å². The third kappa shape index (κ3) is 2.90. The number of thiazole rings is 1. The first kappa shape index (κ1) is 18.0. The van der Waals surface area contributed by atoms with E-state index in [0.717, 1.165) is 4.90 Å². The highest BCUT2D eigenvalue weighted by atomic mass is 35.5. The zero-order chi connectivity index (χ0) is 19.3. The molecule has 1 atom stereocenters. The van der Waals surface area contributed by atoms with Crippen LogP contribution in [-0.4, -0.2) is 26.2 Å². The number of urea groups is 1. The molecule has 27 heavy (non-hydrogen) atoms. The molecular weight excluding hydrogens is 411 g/mol. The third-order valence-corrected chi connectivity index (χ3v) is 5.73. The van der Waals surface area contributed by atoms with Crippen LogP contribution in [0.15, 0.2) is 40.6 Å². The van der Waals surface area contributed by atoms with Crippen molar-refractivity contribution >= 4 is 51.4 Å². The molecule has 1 unspecified atom stereocenters. The molecule has 0 radical (unpaired) electrons. The van der Waals surface area contributed by atoms with E-state index in [2.05, 4.69) is 10.3 Å². The average molecular weight is 423 g/mol. The maximum atomic E-state index is 13.0. The highest BCUT2D eigenvalue weighted by Gasteiger charge is 2.50. The van der Waals surface area contributed by atoms with Gasteiger partial charge in [-0.1, -0.05) is 29.3 Å². The monoisotopic (exact) mass is 422 g/mol. The lowest BCUT2D eigenvalue weighted by Crippen LogP contribution is -2.41. The van der Waals surface area contributed by atoms with Gasteiger partial charge in [-0.05, 0) is 19.1 Å². The first-order chi connectivity index (χ1) is 12.8. The lowest BCUT2D eigenvalue weighted by molar-refractivity contribution is -0.131. The Kier molecular flexibility index (Phi) is 4.21. The fourth-order valence-electron chi connectivity index (χ4n) is 3.05. The largest absolute Gasteiger partial charge is 0.325 e. The number of fused-ring (bicyclic) bond motifs is 1. The lowest BCUT2D eigenvalue weighted by Gasteiger charge is -2.23. The van der Waals surface area contributed by atoms with Gasteiger partial charge in [-0.3, -0.25) is 18.9 Å². The molecule has 1 aliphatic rings. The van der Waals surface area contributed by atoms with Crippen molar-refractivity contribution in [3.63, 3.8) is 0 Å². The number of hydrogen-bond donors (Lipinski definition) is 1. The Morgan fingerprint density at radius 3 is 2.74 bits per heavy atom. The number of nitrogens with zero attached hydrogens (tertiary/aromatic N) is 3. The molecular formula is C17H12Cl2N4O3S. The number of halogens is 2. The topological polar surface area (TPSA) is 83.8 Å². The highest BCUT2D eigenvalue weighted by Crippen LogP contribution is 2.35. The van der Waals surface area contributed by atoms with Gasteiger partial charge in [0.05, 0.1) is 12.2 Å². The summed E-state index contributed by atoms with van der Waals surface area (Å²) in [7, 11) is 0. The van der Waals surface area contributed by atoms with Crippen LogP contribution in [0, 0.1) is 0 Å². The number of carbonyl (C=O) groups excluding carboxylic acids is 2. The van der Waals surface area contributed by atoms with Crippen LogP contribution in [0.1, 0.15) is 18.2 Å². The minimum atomic E-state index is -1.33. The Morgan fingerprint density at radius 2 is 2.00 bits per heavy atom. The summed E-state index contributed by atoms with van der Waals surface area (Å²) >= 11 is 13.4. The SMILES string of the molecule is CC1(c2ccc(Cl)cc2Cl)NC(=O)N(Cc2cc(=O)n3ccsc3n2)C1=O. The summed E-state index contributed by atoms with van der Waals surface area (Å²) in [5, 5.41) is 5.11. The summed E-state index contributed by atoms with van der Waals surface area (Å²) in [5.74, 6) is -0.482. The van der Waals surface area contributed by atoms with Crippen molar-refractivity contribution in [3.05, 3.63) is 67.5 Å². The predicted octanol–water partition coefficient (Wildman–Crippen LogP) is 3.03. The Morgan fingerprint density at radius 1 is 1.22 bits per heavy atom. The number of rotatable bonds is 3. The fourth-order valence-corrected chi connectivity index (χ4v) is 4.39. The van der Waals surface area contributed by atoms with Gasteiger partial charge in [0.15, 0.2) is 4.96 Å². The Hall–Kier alpha value is -2.42. The molecule has 0 spiro atoms. The van der Waals surface area contributed by atoms with Gasteiger partial charge < -0.3 is 5.32 Å². The average Bonchev–Trinajstić information content (AvgIpc) is 3.14. The molecule has 1 N–H and O–H groups in total. The molecule has 1 fully saturated rings. The summed E-state index contributed by atoms with van der Waals surface area (Å²) in [6.07, 6.45) is 1.62. The highest BCUT2D eigenvalue weighted by molar-refractivity contribution is 7.15. The molecule has 3 aromatic rings. The van der Waals surface area contributed by atoms with E-state index in [0.29, 0.717) is 21.2 Å². The predicted molar refractivity (Wildman–Crippen MR) is 102 cm³/mol. The number of benzene rings is 1. The number of aromatic nitrogens is 2. The molecule has 3 amide bonds. The molecule has 10 heteroatoms. The normalized spacial score (nSPS) is 19.7. The molecule has 0 aliphatic carbocycles. The first-order valence-corrected chi connectivity index (χ1v) is 9.48. The minimum absolute atomic E-state index is 0.116. The van der Waals surface area contributed by atoms with Gasteiger partial charge in [0.25, 0.3) is 11.5 Å². The van der Waals surface area contributed by atoms with Crippen molar-refractivity contribution in [1.82, 2.24) is 19.6 Å². The van der Waals surface area contributed by atoms with Gasteiger partial charge in [-0.15, -0.1) is 11.3 Å². The number of nitrogens with one attached hydrogen (secondary N) is 1. The summed E-state index contributed by atoms with van der Waals surface area (Å²) in [5.41, 5.74) is -0.832. The fraction of sp³-hybridized carbons (Fsp3) is 0.176. The molecule has 0 bridgehead atoms. The van der Waals surface area contributed by atoms with E-state index < -0.39 is 17.5 Å². The lowest BCUT2D eigenvalue weighted by atomic mass is 9.92. The molecule has 1 aromatic carbocycles. The van der Waals surface area contributed by atoms with E-state index in [-0.39, 0.29) is 17.1 Å². The summed E-state index contributed by atoms with van der Waals surface area (Å²) in [6, 6.07) is 5.45. The summed E-state index contributed by atoms with van der Waals surface area (Å²) in [4.78, 5) is 43.5. The Balaban J connectivity index is 1.69. The van der Waals surface area contributed by atoms with Crippen LogP contribution in [-0.2, 0) is 16.9 Å². The van der Waals surface area contributed by atoms with Gasteiger partial charge >= 0.3 is 6.03 Å². The zero-order valence-electron chi connectivity index (χ0n) is 13.9. The molecule has 2 aromatic heterocycles. The second-order valence-corrected chi connectivity index (χ2v) is 7.93. The van der Waals surface area contributed by atoms with E-state index in [1.807, 2.05) is 0 Å². The van der Waals surface area contributed by atoms with Gasteiger partial charge in [0, 0.05) is 33.3 Å². The minimum Gasteiger partial charge on any atom is -0.319 e. The van der Waals surface area contributed by atoms with Crippen LogP contribution >= 0.6 is 34.5 Å². The van der Waals surface area contributed by atoms with Crippen LogP contribution in [0.2, 0.25) is 10.0 Å². The zero-order valence-corrected chi connectivity index (χ0v) is 16.2. The summed E-state index contributed by atoms with van der Waals surface area (Å²) < 4.78 is 1.40. The van der Waals surface area contributed by atoms with E-state index >= 15 is 0 Å².